The Morgan fingerprint density at radius 1 is 1.22 bits per heavy atom. The van der Waals surface area contributed by atoms with Gasteiger partial charge in [-0.25, -0.2) is 4.98 Å². The molecule has 3 aromatic rings. The van der Waals surface area contributed by atoms with Crippen molar-refractivity contribution < 1.29 is 5.11 Å². The highest BCUT2D eigenvalue weighted by atomic mass is 35.5. The number of fused-ring (bicyclic) bond motifs is 1. The van der Waals surface area contributed by atoms with Gasteiger partial charge in [0.1, 0.15) is 11.6 Å². The van der Waals surface area contributed by atoms with E-state index in [-0.39, 0.29) is 5.75 Å². The molecule has 2 heterocycles. The third-order valence-electron chi connectivity index (χ3n) is 2.97. The van der Waals surface area contributed by atoms with Crippen molar-refractivity contribution in [3.05, 3.63) is 53.3 Å². The van der Waals surface area contributed by atoms with Crippen LogP contribution in [-0.4, -0.2) is 14.5 Å². The quantitative estimate of drug-likeness (QED) is 0.723. The van der Waals surface area contributed by atoms with Gasteiger partial charge in [0, 0.05) is 17.8 Å². The second-order valence-electron chi connectivity index (χ2n) is 4.18. The van der Waals surface area contributed by atoms with Crippen LogP contribution < -0.4 is 0 Å². The van der Waals surface area contributed by atoms with E-state index in [1.165, 1.54) is 0 Å². The molecule has 0 saturated heterocycles. The van der Waals surface area contributed by atoms with Gasteiger partial charge in [-0.1, -0.05) is 35.9 Å². The van der Waals surface area contributed by atoms with E-state index in [0.29, 0.717) is 10.7 Å². The molecule has 0 aliphatic rings. The molecule has 3 nitrogen and oxygen atoms in total. The van der Waals surface area contributed by atoms with Crippen LogP contribution in [0.25, 0.3) is 16.9 Å². The molecule has 0 spiro atoms. The van der Waals surface area contributed by atoms with Gasteiger partial charge in [0.15, 0.2) is 5.15 Å². The molecule has 1 N–H and O–H groups in total. The maximum atomic E-state index is 9.49. The number of aromatic hydroxyl groups is 1. The molecule has 0 radical (unpaired) electrons. The van der Waals surface area contributed by atoms with Crippen molar-refractivity contribution >= 4 is 17.1 Å². The second-order valence-corrected chi connectivity index (χ2v) is 4.54. The molecule has 0 bridgehead atoms. The monoisotopic (exact) mass is 258 g/mol. The van der Waals surface area contributed by atoms with Crippen molar-refractivity contribution in [1.82, 2.24) is 9.38 Å². The predicted octanol–water partition coefficient (Wildman–Crippen LogP) is 3.67. The number of nitrogens with zero attached hydrogens (tertiary/aromatic N) is 2. The molecule has 0 saturated carbocycles. The minimum atomic E-state index is 0.181. The van der Waals surface area contributed by atoms with Crippen molar-refractivity contribution in [2.24, 2.45) is 0 Å². The zero-order chi connectivity index (χ0) is 12.7. The van der Waals surface area contributed by atoms with E-state index < -0.39 is 0 Å². The molecular formula is C14H11ClN2O. The Morgan fingerprint density at radius 3 is 2.78 bits per heavy atom. The average molecular weight is 259 g/mol. The largest absolute Gasteiger partial charge is 0.508 e. The summed E-state index contributed by atoms with van der Waals surface area (Å²) in [7, 11) is 0. The van der Waals surface area contributed by atoms with Crippen molar-refractivity contribution in [3.63, 3.8) is 0 Å². The van der Waals surface area contributed by atoms with E-state index in [1.807, 2.05) is 35.6 Å². The van der Waals surface area contributed by atoms with Gasteiger partial charge in [-0.2, -0.15) is 0 Å². The minimum Gasteiger partial charge on any atom is -0.508 e. The molecule has 90 valence electrons. The lowest BCUT2D eigenvalue weighted by atomic mass is 10.1. The van der Waals surface area contributed by atoms with E-state index in [4.69, 9.17) is 11.6 Å². The smallest absolute Gasteiger partial charge is 0.155 e. The van der Waals surface area contributed by atoms with E-state index in [0.717, 1.165) is 17.0 Å². The summed E-state index contributed by atoms with van der Waals surface area (Å²) >= 11 is 6.11. The third-order valence-corrected chi connectivity index (χ3v) is 3.25. The molecule has 0 aliphatic carbocycles. The highest BCUT2D eigenvalue weighted by molar-refractivity contribution is 6.33. The Hall–Kier alpha value is -2.00. The summed E-state index contributed by atoms with van der Waals surface area (Å²) in [6.07, 6.45) is 1.77. The number of benzene rings is 1. The van der Waals surface area contributed by atoms with E-state index >= 15 is 0 Å². The molecule has 0 fully saturated rings. The van der Waals surface area contributed by atoms with Gasteiger partial charge >= 0.3 is 0 Å². The standard InChI is InChI=1S/C14H11ClN2O/c1-9-4-2-3-5-11(9)14-16-13(15)12-8-10(18)6-7-17(12)14/h2-8,18H,1H3. The summed E-state index contributed by atoms with van der Waals surface area (Å²) in [5, 5.41) is 9.88. The fourth-order valence-corrected chi connectivity index (χ4v) is 2.28. The van der Waals surface area contributed by atoms with Crippen LogP contribution in [0.2, 0.25) is 5.15 Å². The van der Waals surface area contributed by atoms with Crippen LogP contribution in [0.3, 0.4) is 0 Å². The lowest BCUT2D eigenvalue weighted by Crippen LogP contribution is -1.90. The summed E-state index contributed by atoms with van der Waals surface area (Å²) in [5.74, 6) is 0.966. The Bertz CT molecular complexity index is 734. The molecule has 0 unspecified atom stereocenters. The van der Waals surface area contributed by atoms with Crippen LogP contribution in [-0.2, 0) is 0 Å². The summed E-state index contributed by atoms with van der Waals surface area (Å²) < 4.78 is 1.88. The summed E-state index contributed by atoms with van der Waals surface area (Å²) in [4.78, 5) is 4.38. The van der Waals surface area contributed by atoms with Crippen LogP contribution in [0.1, 0.15) is 5.56 Å². The van der Waals surface area contributed by atoms with Crippen molar-refractivity contribution in [2.45, 2.75) is 6.92 Å². The maximum Gasteiger partial charge on any atom is 0.155 e. The number of rotatable bonds is 1. The lowest BCUT2D eigenvalue weighted by molar-refractivity contribution is 0.475. The Labute approximate surface area is 109 Å². The van der Waals surface area contributed by atoms with Gasteiger partial charge in [0.2, 0.25) is 0 Å². The molecule has 18 heavy (non-hydrogen) atoms. The van der Waals surface area contributed by atoms with Crippen LogP contribution in [0.15, 0.2) is 42.6 Å². The first-order chi connectivity index (χ1) is 8.66. The van der Waals surface area contributed by atoms with E-state index in [1.54, 1.807) is 18.3 Å². The highest BCUT2D eigenvalue weighted by Gasteiger charge is 2.12. The molecule has 0 aliphatic heterocycles. The first kappa shape index (κ1) is 11.1. The number of imidazole rings is 1. The van der Waals surface area contributed by atoms with Gasteiger partial charge < -0.3 is 5.11 Å². The molecular weight excluding hydrogens is 248 g/mol. The number of halogens is 1. The molecule has 0 atom stereocenters. The van der Waals surface area contributed by atoms with Crippen LogP contribution in [0, 0.1) is 6.92 Å². The highest BCUT2D eigenvalue weighted by Crippen LogP contribution is 2.29. The van der Waals surface area contributed by atoms with Crippen LogP contribution >= 0.6 is 11.6 Å². The third kappa shape index (κ3) is 1.64. The zero-order valence-corrected chi connectivity index (χ0v) is 10.5. The van der Waals surface area contributed by atoms with Crippen LogP contribution in [0.5, 0.6) is 5.75 Å². The van der Waals surface area contributed by atoms with Gasteiger partial charge in [-0.15, -0.1) is 0 Å². The molecule has 2 aromatic heterocycles. The fourth-order valence-electron chi connectivity index (χ4n) is 2.05. The Balaban J connectivity index is 2.34. The summed E-state index contributed by atoms with van der Waals surface area (Å²) in [6, 6.07) is 11.2. The Morgan fingerprint density at radius 2 is 2.00 bits per heavy atom. The van der Waals surface area contributed by atoms with E-state index in [2.05, 4.69) is 4.98 Å². The minimum absolute atomic E-state index is 0.181. The lowest BCUT2D eigenvalue weighted by Gasteiger charge is -2.04. The van der Waals surface area contributed by atoms with Crippen LogP contribution in [0.4, 0.5) is 0 Å². The Kier molecular flexibility index (Phi) is 2.49. The fraction of sp³-hybridized carbons (Fsp3) is 0.0714. The molecule has 0 amide bonds. The van der Waals surface area contributed by atoms with Gasteiger partial charge in [-0.05, 0) is 18.6 Å². The van der Waals surface area contributed by atoms with Crippen molar-refractivity contribution in [2.75, 3.05) is 0 Å². The first-order valence-corrected chi connectivity index (χ1v) is 5.97. The zero-order valence-electron chi connectivity index (χ0n) is 9.76. The number of hydrogen-bond donors (Lipinski definition) is 1. The molecule has 3 rings (SSSR count). The second kappa shape index (κ2) is 4.03. The van der Waals surface area contributed by atoms with Crippen molar-refractivity contribution in [1.29, 1.82) is 0 Å². The van der Waals surface area contributed by atoms with Crippen molar-refractivity contribution in [3.8, 4) is 17.1 Å². The van der Waals surface area contributed by atoms with E-state index in [9.17, 15) is 5.11 Å². The number of pyridine rings is 1. The van der Waals surface area contributed by atoms with Gasteiger partial charge in [-0.3, -0.25) is 4.40 Å². The summed E-state index contributed by atoms with van der Waals surface area (Å²) in [5.41, 5.74) is 2.87. The number of aromatic nitrogens is 2. The number of hydrogen-bond acceptors (Lipinski definition) is 2. The van der Waals surface area contributed by atoms with Gasteiger partial charge in [0.05, 0.1) is 5.52 Å². The number of aryl methyl sites for hydroxylation is 1. The maximum absolute atomic E-state index is 9.49. The topological polar surface area (TPSA) is 37.5 Å². The normalized spacial score (nSPS) is 11.0. The molecule has 4 heteroatoms. The predicted molar refractivity (Wildman–Crippen MR) is 72.0 cm³/mol. The van der Waals surface area contributed by atoms with Gasteiger partial charge in [0.25, 0.3) is 0 Å². The summed E-state index contributed by atoms with van der Waals surface area (Å²) in [6.45, 7) is 2.03. The molecule has 1 aromatic carbocycles. The first-order valence-electron chi connectivity index (χ1n) is 5.59. The average Bonchev–Trinajstić information content (AvgIpc) is 2.67. The SMILES string of the molecule is Cc1ccccc1-c1nc(Cl)c2cc(O)ccn12.